The first-order chi connectivity index (χ1) is 7.72. The number of aromatic nitrogens is 1. The molecule has 1 aromatic heterocycles. The fourth-order valence-corrected chi connectivity index (χ4v) is 2.24. The van der Waals surface area contributed by atoms with Gasteiger partial charge < -0.3 is 9.64 Å². The molecule has 0 saturated carbocycles. The predicted octanol–water partition coefficient (Wildman–Crippen LogP) is 2.43. The Morgan fingerprint density at radius 3 is 2.94 bits per heavy atom. The highest BCUT2D eigenvalue weighted by Gasteiger charge is 2.25. The summed E-state index contributed by atoms with van der Waals surface area (Å²) < 4.78 is 5.39. The molecule has 16 heavy (non-hydrogen) atoms. The van der Waals surface area contributed by atoms with Crippen LogP contribution in [0.1, 0.15) is 31.7 Å². The maximum absolute atomic E-state index is 5.39. The molecule has 1 saturated heterocycles. The third kappa shape index (κ3) is 2.19. The normalized spacial score (nSPS) is 20.8. The van der Waals surface area contributed by atoms with Crippen LogP contribution in [0.25, 0.3) is 0 Å². The molecule has 0 radical (unpaired) electrons. The minimum atomic E-state index is 0.363. The summed E-state index contributed by atoms with van der Waals surface area (Å²) >= 11 is 0. The summed E-state index contributed by atoms with van der Waals surface area (Å²) in [4.78, 5) is 6.86. The van der Waals surface area contributed by atoms with Crippen molar-refractivity contribution in [2.75, 3.05) is 25.1 Å². The Labute approximate surface area is 97.4 Å². The van der Waals surface area contributed by atoms with Gasteiger partial charge in [0.25, 0.3) is 0 Å². The molecule has 88 valence electrons. The summed E-state index contributed by atoms with van der Waals surface area (Å²) in [5, 5.41) is 0. The maximum atomic E-state index is 5.39. The summed E-state index contributed by atoms with van der Waals surface area (Å²) in [7, 11) is 1.79. The van der Waals surface area contributed by atoms with E-state index in [0.717, 1.165) is 25.3 Å². The van der Waals surface area contributed by atoms with Gasteiger partial charge >= 0.3 is 0 Å². The van der Waals surface area contributed by atoms with Crippen LogP contribution in [-0.4, -0.2) is 31.3 Å². The van der Waals surface area contributed by atoms with E-state index < -0.39 is 0 Å². The van der Waals surface area contributed by atoms with E-state index in [1.54, 1.807) is 7.11 Å². The average Bonchev–Trinajstić information content (AvgIpc) is 2.77. The largest absolute Gasteiger partial charge is 0.380 e. The third-order valence-electron chi connectivity index (χ3n) is 3.22. The quantitative estimate of drug-likeness (QED) is 0.782. The van der Waals surface area contributed by atoms with Gasteiger partial charge in [-0.15, -0.1) is 0 Å². The van der Waals surface area contributed by atoms with Crippen LogP contribution in [0.3, 0.4) is 0 Å². The van der Waals surface area contributed by atoms with Gasteiger partial charge in [-0.3, -0.25) is 0 Å². The number of anilines is 1. The van der Waals surface area contributed by atoms with Crippen molar-refractivity contribution in [1.29, 1.82) is 0 Å². The van der Waals surface area contributed by atoms with E-state index in [0.29, 0.717) is 12.0 Å². The molecule has 0 aromatic carbocycles. The van der Waals surface area contributed by atoms with Crippen LogP contribution in [0.2, 0.25) is 0 Å². The smallest absolute Gasteiger partial charge is 0.132 e. The SMILES string of the molecule is CO[C@@H]1CCN(c2ncccc2C(C)C)C1. The van der Waals surface area contributed by atoms with E-state index in [1.807, 2.05) is 12.3 Å². The van der Waals surface area contributed by atoms with Crippen LogP contribution in [0.5, 0.6) is 0 Å². The first-order valence-corrected chi connectivity index (χ1v) is 5.95. The molecule has 1 fully saturated rings. The fraction of sp³-hybridized carbons (Fsp3) is 0.615. The molecule has 2 rings (SSSR count). The number of pyridine rings is 1. The Balaban J connectivity index is 2.20. The summed E-state index contributed by atoms with van der Waals surface area (Å²) in [5.41, 5.74) is 1.33. The zero-order valence-corrected chi connectivity index (χ0v) is 10.3. The van der Waals surface area contributed by atoms with E-state index in [1.165, 1.54) is 5.56 Å². The lowest BCUT2D eigenvalue weighted by atomic mass is 10.0. The van der Waals surface area contributed by atoms with Gasteiger partial charge in [-0.25, -0.2) is 4.98 Å². The Hall–Kier alpha value is -1.09. The van der Waals surface area contributed by atoms with Crippen molar-refractivity contribution in [2.45, 2.75) is 32.3 Å². The standard InChI is InChI=1S/C13H20N2O/c1-10(2)12-5-4-7-14-13(12)15-8-6-11(9-15)16-3/h4-5,7,10-11H,6,8-9H2,1-3H3/t11-/m1/s1. The van der Waals surface area contributed by atoms with Gasteiger partial charge in [-0.1, -0.05) is 19.9 Å². The van der Waals surface area contributed by atoms with Gasteiger partial charge in [0.2, 0.25) is 0 Å². The molecule has 1 atom stereocenters. The zero-order valence-electron chi connectivity index (χ0n) is 10.3. The Kier molecular flexibility index (Phi) is 3.44. The second-order valence-electron chi connectivity index (χ2n) is 4.66. The van der Waals surface area contributed by atoms with Crippen molar-refractivity contribution < 1.29 is 4.74 Å². The number of nitrogens with zero attached hydrogens (tertiary/aromatic N) is 2. The minimum Gasteiger partial charge on any atom is -0.380 e. The highest BCUT2D eigenvalue weighted by Crippen LogP contribution is 2.28. The van der Waals surface area contributed by atoms with E-state index in [2.05, 4.69) is 29.8 Å². The lowest BCUT2D eigenvalue weighted by Crippen LogP contribution is -2.24. The van der Waals surface area contributed by atoms with Crippen molar-refractivity contribution in [3.8, 4) is 0 Å². The molecular weight excluding hydrogens is 200 g/mol. The van der Waals surface area contributed by atoms with Crippen molar-refractivity contribution in [2.24, 2.45) is 0 Å². The lowest BCUT2D eigenvalue weighted by molar-refractivity contribution is 0.121. The van der Waals surface area contributed by atoms with Crippen molar-refractivity contribution >= 4 is 5.82 Å². The van der Waals surface area contributed by atoms with Crippen LogP contribution in [0.4, 0.5) is 5.82 Å². The van der Waals surface area contributed by atoms with Crippen LogP contribution < -0.4 is 4.90 Å². The molecule has 0 unspecified atom stereocenters. The van der Waals surface area contributed by atoms with E-state index in [-0.39, 0.29) is 0 Å². The van der Waals surface area contributed by atoms with E-state index in [4.69, 9.17) is 4.74 Å². The van der Waals surface area contributed by atoms with E-state index in [9.17, 15) is 0 Å². The molecule has 3 nitrogen and oxygen atoms in total. The van der Waals surface area contributed by atoms with Gasteiger partial charge in [0.05, 0.1) is 6.10 Å². The van der Waals surface area contributed by atoms with Crippen LogP contribution >= 0.6 is 0 Å². The topological polar surface area (TPSA) is 25.4 Å². The second-order valence-corrected chi connectivity index (χ2v) is 4.66. The number of rotatable bonds is 3. The highest BCUT2D eigenvalue weighted by atomic mass is 16.5. The molecule has 0 amide bonds. The van der Waals surface area contributed by atoms with Gasteiger partial charge in [-0.2, -0.15) is 0 Å². The average molecular weight is 220 g/mol. The van der Waals surface area contributed by atoms with E-state index >= 15 is 0 Å². The highest BCUT2D eigenvalue weighted by molar-refractivity contribution is 5.49. The predicted molar refractivity (Wildman–Crippen MR) is 66.0 cm³/mol. The lowest BCUT2D eigenvalue weighted by Gasteiger charge is -2.21. The number of methoxy groups -OCH3 is 1. The first-order valence-electron chi connectivity index (χ1n) is 5.95. The fourth-order valence-electron chi connectivity index (χ4n) is 2.24. The Bertz CT molecular complexity index is 352. The van der Waals surface area contributed by atoms with Crippen LogP contribution in [0, 0.1) is 0 Å². The summed E-state index contributed by atoms with van der Waals surface area (Å²) in [6.07, 6.45) is 3.34. The Morgan fingerprint density at radius 1 is 1.50 bits per heavy atom. The minimum absolute atomic E-state index is 0.363. The molecular formula is C13H20N2O. The van der Waals surface area contributed by atoms with Gasteiger partial charge in [0.1, 0.15) is 5.82 Å². The molecule has 3 heteroatoms. The third-order valence-corrected chi connectivity index (χ3v) is 3.22. The Morgan fingerprint density at radius 2 is 2.31 bits per heavy atom. The van der Waals surface area contributed by atoms with Gasteiger partial charge in [-0.05, 0) is 24.0 Å². The second kappa shape index (κ2) is 4.83. The first kappa shape index (κ1) is 11.4. The van der Waals surface area contributed by atoms with Gasteiger partial charge in [0, 0.05) is 26.4 Å². The van der Waals surface area contributed by atoms with Crippen molar-refractivity contribution in [3.05, 3.63) is 23.9 Å². The zero-order chi connectivity index (χ0) is 11.5. The summed E-state index contributed by atoms with van der Waals surface area (Å²) in [6.45, 7) is 6.44. The van der Waals surface area contributed by atoms with Gasteiger partial charge in [0.15, 0.2) is 0 Å². The van der Waals surface area contributed by atoms with Crippen molar-refractivity contribution in [3.63, 3.8) is 0 Å². The van der Waals surface area contributed by atoms with Crippen molar-refractivity contribution in [1.82, 2.24) is 4.98 Å². The van der Waals surface area contributed by atoms with Crippen LogP contribution in [0.15, 0.2) is 18.3 Å². The van der Waals surface area contributed by atoms with Crippen LogP contribution in [-0.2, 0) is 4.74 Å². The number of hydrogen-bond acceptors (Lipinski definition) is 3. The molecule has 0 spiro atoms. The molecule has 1 aliphatic rings. The molecule has 1 aromatic rings. The number of ether oxygens (including phenoxy) is 1. The summed E-state index contributed by atoms with van der Waals surface area (Å²) in [6, 6.07) is 4.19. The molecule has 0 aliphatic carbocycles. The molecule has 1 aliphatic heterocycles. The number of hydrogen-bond donors (Lipinski definition) is 0. The molecule has 0 N–H and O–H groups in total. The molecule has 2 heterocycles. The monoisotopic (exact) mass is 220 g/mol. The molecule has 0 bridgehead atoms. The maximum Gasteiger partial charge on any atom is 0.132 e. The summed E-state index contributed by atoms with van der Waals surface area (Å²) in [5.74, 6) is 1.65.